The zero-order valence-electron chi connectivity index (χ0n) is 8.64. The van der Waals surface area contributed by atoms with Gasteiger partial charge in [0, 0.05) is 18.1 Å². The maximum absolute atomic E-state index is 4.15. The molecule has 1 aliphatic rings. The van der Waals surface area contributed by atoms with E-state index in [9.17, 15) is 0 Å². The van der Waals surface area contributed by atoms with Crippen LogP contribution in [0.1, 0.15) is 25.1 Å². The number of nitrogens with one attached hydrogen (secondary N) is 1. The number of hydrogen-bond acceptors (Lipinski definition) is 2. The van der Waals surface area contributed by atoms with Crippen molar-refractivity contribution in [3.63, 3.8) is 0 Å². The van der Waals surface area contributed by atoms with Crippen LogP contribution in [0.15, 0.2) is 36.8 Å². The highest BCUT2D eigenvalue weighted by atomic mass is 15.1. The second-order valence-corrected chi connectivity index (χ2v) is 3.80. The van der Waals surface area contributed by atoms with Crippen LogP contribution < -0.4 is 5.32 Å². The van der Waals surface area contributed by atoms with Gasteiger partial charge >= 0.3 is 0 Å². The summed E-state index contributed by atoms with van der Waals surface area (Å²) in [5.74, 6) is 0. The molecule has 1 N–H and O–H groups in total. The van der Waals surface area contributed by atoms with E-state index < -0.39 is 0 Å². The summed E-state index contributed by atoms with van der Waals surface area (Å²) >= 11 is 0. The number of nitrogens with zero attached hydrogens (tertiary/aromatic N) is 2. The molecule has 2 aromatic heterocycles. The van der Waals surface area contributed by atoms with E-state index in [4.69, 9.17) is 0 Å². The molecule has 3 rings (SSSR count). The largest absolute Gasteiger partial charge is 0.374 e. The zero-order valence-corrected chi connectivity index (χ0v) is 8.64. The molecule has 0 aromatic carbocycles. The first-order chi connectivity index (χ1) is 7.40. The molecular formula is C12H13N3. The minimum atomic E-state index is 0.400. The van der Waals surface area contributed by atoms with Gasteiger partial charge < -0.3 is 9.88 Å². The summed E-state index contributed by atoms with van der Waals surface area (Å²) in [6, 6.07) is 6.70. The molecule has 0 spiro atoms. The van der Waals surface area contributed by atoms with Crippen LogP contribution in [-0.4, -0.2) is 9.55 Å². The Bertz CT molecular complexity index is 487. The van der Waals surface area contributed by atoms with Gasteiger partial charge in [0.1, 0.15) is 0 Å². The molecule has 0 radical (unpaired) electrons. The number of rotatable bonds is 1. The minimum absolute atomic E-state index is 0.400. The zero-order chi connectivity index (χ0) is 10.3. The van der Waals surface area contributed by atoms with Gasteiger partial charge in [0.25, 0.3) is 0 Å². The monoisotopic (exact) mass is 199 g/mol. The minimum Gasteiger partial charge on any atom is -0.374 e. The third kappa shape index (κ3) is 1.16. The van der Waals surface area contributed by atoms with Crippen molar-refractivity contribution < 1.29 is 0 Å². The topological polar surface area (TPSA) is 29.9 Å². The third-order valence-electron chi connectivity index (χ3n) is 2.93. The highest BCUT2D eigenvalue weighted by Gasteiger charge is 2.21. The van der Waals surface area contributed by atoms with E-state index in [1.165, 1.54) is 11.4 Å². The highest BCUT2D eigenvalue weighted by molar-refractivity contribution is 5.63. The molecule has 3 nitrogen and oxygen atoms in total. The number of aromatic nitrogens is 2. The Hall–Kier alpha value is -1.77. The van der Waals surface area contributed by atoms with Crippen molar-refractivity contribution in [2.75, 3.05) is 5.32 Å². The molecule has 76 valence electrons. The predicted molar refractivity (Wildman–Crippen MR) is 60.2 cm³/mol. The first-order valence-corrected chi connectivity index (χ1v) is 5.28. The van der Waals surface area contributed by atoms with Crippen LogP contribution in [0.2, 0.25) is 0 Å². The summed E-state index contributed by atoms with van der Waals surface area (Å²) < 4.78 is 2.24. The standard InChI is InChI=1S/C12H13N3/c1-2-9-11-4-3-7-15(11)12-5-6-13-8-10(12)14-9/h3-9,14H,2H2,1H3. The second-order valence-electron chi connectivity index (χ2n) is 3.80. The van der Waals surface area contributed by atoms with E-state index in [0.717, 1.165) is 12.1 Å². The fourth-order valence-electron chi connectivity index (χ4n) is 2.18. The van der Waals surface area contributed by atoms with Crippen molar-refractivity contribution in [1.82, 2.24) is 9.55 Å². The van der Waals surface area contributed by atoms with Gasteiger partial charge in [0.05, 0.1) is 23.6 Å². The van der Waals surface area contributed by atoms with Gasteiger partial charge in [0.2, 0.25) is 0 Å². The number of hydrogen-bond donors (Lipinski definition) is 1. The van der Waals surface area contributed by atoms with Gasteiger partial charge in [0.15, 0.2) is 0 Å². The van der Waals surface area contributed by atoms with Crippen molar-refractivity contribution in [1.29, 1.82) is 0 Å². The van der Waals surface area contributed by atoms with Crippen molar-refractivity contribution in [2.24, 2.45) is 0 Å². The van der Waals surface area contributed by atoms with E-state index >= 15 is 0 Å². The molecule has 1 aliphatic heterocycles. The first kappa shape index (κ1) is 8.53. The molecule has 1 unspecified atom stereocenters. The Kier molecular flexibility index (Phi) is 1.78. The summed E-state index contributed by atoms with van der Waals surface area (Å²) in [7, 11) is 0. The summed E-state index contributed by atoms with van der Waals surface area (Å²) in [5, 5.41) is 3.51. The van der Waals surface area contributed by atoms with Gasteiger partial charge in [-0.15, -0.1) is 0 Å². The maximum Gasteiger partial charge on any atom is 0.0776 e. The van der Waals surface area contributed by atoms with E-state index in [0.29, 0.717) is 6.04 Å². The summed E-state index contributed by atoms with van der Waals surface area (Å²) in [6.45, 7) is 2.19. The lowest BCUT2D eigenvalue weighted by atomic mass is 10.1. The number of anilines is 1. The molecule has 15 heavy (non-hydrogen) atoms. The molecule has 1 atom stereocenters. The molecule has 3 heteroatoms. The quantitative estimate of drug-likeness (QED) is 0.765. The Morgan fingerprint density at radius 2 is 2.40 bits per heavy atom. The smallest absolute Gasteiger partial charge is 0.0776 e. The molecular weight excluding hydrogens is 186 g/mol. The van der Waals surface area contributed by atoms with Gasteiger partial charge in [-0.25, -0.2) is 0 Å². The van der Waals surface area contributed by atoms with Gasteiger partial charge in [-0.1, -0.05) is 6.92 Å². The van der Waals surface area contributed by atoms with Crippen LogP contribution >= 0.6 is 0 Å². The Labute approximate surface area is 88.8 Å². The summed E-state index contributed by atoms with van der Waals surface area (Å²) in [5.41, 5.74) is 3.64. The van der Waals surface area contributed by atoms with Crippen LogP contribution in [0.5, 0.6) is 0 Å². The predicted octanol–water partition coefficient (Wildman–Crippen LogP) is 2.75. The van der Waals surface area contributed by atoms with Crippen molar-refractivity contribution in [3.8, 4) is 5.69 Å². The Morgan fingerprint density at radius 3 is 3.27 bits per heavy atom. The fourth-order valence-corrected chi connectivity index (χ4v) is 2.18. The normalized spacial score (nSPS) is 17.8. The molecule has 0 saturated heterocycles. The average molecular weight is 199 g/mol. The van der Waals surface area contributed by atoms with Crippen molar-refractivity contribution >= 4 is 5.69 Å². The first-order valence-electron chi connectivity index (χ1n) is 5.28. The molecule has 0 aliphatic carbocycles. The average Bonchev–Trinajstić information content (AvgIpc) is 2.77. The number of fused-ring (bicyclic) bond motifs is 3. The van der Waals surface area contributed by atoms with Crippen LogP contribution in [0, 0.1) is 0 Å². The Balaban J connectivity index is 2.22. The SMILES string of the molecule is CCC1Nc2cnccc2-n2cccc21. The highest BCUT2D eigenvalue weighted by Crippen LogP contribution is 2.33. The van der Waals surface area contributed by atoms with Crippen molar-refractivity contribution in [3.05, 3.63) is 42.5 Å². The van der Waals surface area contributed by atoms with Crippen LogP contribution in [0.25, 0.3) is 5.69 Å². The molecule has 0 saturated carbocycles. The fraction of sp³-hybridized carbons (Fsp3) is 0.250. The second kappa shape index (κ2) is 3.12. The van der Waals surface area contributed by atoms with Crippen molar-refractivity contribution in [2.45, 2.75) is 19.4 Å². The van der Waals surface area contributed by atoms with Crippen LogP contribution in [0.4, 0.5) is 5.69 Å². The van der Waals surface area contributed by atoms with Gasteiger partial charge in [-0.2, -0.15) is 0 Å². The van der Waals surface area contributed by atoms with Crippen LogP contribution in [-0.2, 0) is 0 Å². The molecule has 0 amide bonds. The molecule has 3 heterocycles. The lowest BCUT2D eigenvalue weighted by molar-refractivity contribution is 0.685. The molecule has 0 fully saturated rings. The van der Waals surface area contributed by atoms with E-state index in [-0.39, 0.29) is 0 Å². The lowest BCUT2D eigenvalue weighted by Crippen LogP contribution is -2.20. The van der Waals surface area contributed by atoms with E-state index in [1.54, 1.807) is 0 Å². The lowest BCUT2D eigenvalue weighted by Gasteiger charge is -2.28. The van der Waals surface area contributed by atoms with Gasteiger partial charge in [-0.05, 0) is 24.6 Å². The van der Waals surface area contributed by atoms with E-state index in [2.05, 4.69) is 40.1 Å². The maximum atomic E-state index is 4.15. The molecule has 2 aromatic rings. The third-order valence-corrected chi connectivity index (χ3v) is 2.93. The van der Waals surface area contributed by atoms with E-state index in [1.807, 2.05) is 18.5 Å². The number of pyridine rings is 1. The summed E-state index contributed by atoms with van der Waals surface area (Å²) in [4.78, 5) is 4.15. The van der Waals surface area contributed by atoms with Gasteiger partial charge in [-0.3, -0.25) is 4.98 Å². The Morgan fingerprint density at radius 1 is 1.47 bits per heavy atom. The summed E-state index contributed by atoms with van der Waals surface area (Å²) in [6.07, 6.45) is 6.91. The molecule has 0 bridgehead atoms. The van der Waals surface area contributed by atoms with Crippen LogP contribution in [0.3, 0.4) is 0 Å².